The van der Waals surface area contributed by atoms with E-state index in [9.17, 15) is 4.79 Å². The molecular weight excluding hydrogens is 264 g/mol. The maximum atomic E-state index is 11.7. The molecule has 2 aromatic rings. The van der Waals surface area contributed by atoms with Gasteiger partial charge in [0.25, 0.3) is 5.91 Å². The molecule has 0 fully saturated rings. The summed E-state index contributed by atoms with van der Waals surface area (Å²) in [6.07, 6.45) is 5.24. The Morgan fingerprint density at radius 3 is 2.76 bits per heavy atom. The molecule has 5 heteroatoms. The number of benzene rings is 1. The lowest BCUT2D eigenvalue weighted by Crippen LogP contribution is -2.24. The lowest BCUT2D eigenvalue weighted by atomic mass is 10.2. The van der Waals surface area contributed by atoms with Gasteiger partial charge in [0.1, 0.15) is 6.54 Å². The summed E-state index contributed by atoms with van der Waals surface area (Å²) in [6, 6.07) is 11.8. The minimum Gasteiger partial charge on any atom is -0.271 e. The molecule has 1 aromatic carbocycles. The van der Waals surface area contributed by atoms with E-state index in [1.165, 1.54) is 0 Å². The molecule has 0 saturated carbocycles. The average molecular weight is 282 g/mol. The van der Waals surface area contributed by atoms with Gasteiger partial charge >= 0.3 is 0 Å². The molecule has 0 aliphatic heterocycles. The minimum atomic E-state index is -0.203. The Balaban J connectivity index is 1.80. The van der Waals surface area contributed by atoms with Crippen molar-refractivity contribution in [1.82, 2.24) is 15.2 Å². The van der Waals surface area contributed by atoms with Crippen molar-refractivity contribution in [2.24, 2.45) is 5.10 Å². The monoisotopic (exact) mass is 282 g/mol. The molecule has 0 saturated heterocycles. The third kappa shape index (κ3) is 4.72. The minimum absolute atomic E-state index is 0.166. The van der Waals surface area contributed by atoms with Gasteiger partial charge in [-0.3, -0.25) is 9.48 Å². The summed E-state index contributed by atoms with van der Waals surface area (Å²) < 4.78 is 1.65. The molecule has 0 atom stereocenters. The first-order chi connectivity index (χ1) is 10.1. The molecule has 0 spiro atoms. The predicted octanol–water partition coefficient (Wildman–Crippen LogP) is 2.32. The Morgan fingerprint density at radius 1 is 1.33 bits per heavy atom. The highest BCUT2D eigenvalue weighted by Gasteiger charge is 2.05. The molecule has 0 bridgehead atoms. The van der Waals surface area contributed by atoms with E-state index in [2.05, 4.69) is 15.6 Å². The molecule has 108 valence electrons. The second-order valence-corrected chi connectivity index (χ2v) is 4.67. The summed E-state index contributed by atoms with van der Waals surface area (Å²) in [5.41, 5.74) is 5.41. The summed E-state index contributed by atoms with van der Waals surface area (Å²) in [4.78, 5) is 11.7. The van der Waals surface area contributed by atoms with Gasteiger partial charge in [0.05, 0.1) is 5.69 Å². The standard InChI is InChI=1S/C16H18N4O/c1-13-11-14(2)20(19-13)12-16(21)18-17-10-6-9-15-7-4-3-5-8-15/h3-11H,12H2,1-2H3,(H,18,21)/b9-6+,17-10+. The van der Waals surface area contributed by atoms with Crippen molar-refractivity contribution in [3.63, 3.8) is 0 Å². The van der Waals surface area contributed by atoms with Gasteiger partial charge in [-0.1, -0.05) is 36.4 Å². The summed E-state index contributed by atoms with van der Waals surface area (Å²) in [6.45, 7) is 3.98. The summed E-state index contributed by atoms with van der Waals surface area (Å²) in [5, 5.41) is 8.09. The van der Waals surface area contributed by atoms with Gasteiger partial charge in [-0.05, 0) is 31.6 Å². The van der Waals surface area contributed by atoms with Gasteiger partial charge in [-0.25, -0.2) is 5.43 Å². The molecule has 0 aliphatic carbocycles. The molecule has 1 aromatic heterocycles. The Hall–Kier alpha value is -2.69. The van der Waals surface area contributed by atoms with Crippen LogP contribution in [0.3, 0.4) is 0 Å². The Labute approximate surface area is 124 Å². The van der Waals surface area contributed by atoms with E-state index in [-0.39, 0.29) is 12.5 Å². The highest BCUT2D eigenvalue weighted by molar-refractivity contribution is 5.81. The number of aryl methyl sites for hydroxylation is 2. The van der Waals surface area contributed by atoms with Crippen LogP contribution in [-0.4, -0.2) is 21.9 Å². The number of carbonyl (C=O) groups is 1. The molecule has 5 nitrogen and oxygen atoms in total. The molecule has 0 aliphatic rings. The molecule has 0 radical (unpaired) electrons. The molecule has 0 unspecified atom stereocenters. The number of nitrogens with one attached hydrogen (secondary N) is 1. The van der Waals surface area contributed by atoms with Crippen LogP contribution in [0.4, 0.5) is 0 Å². The van der Waals surface area contributed by atoms with Crippen molar-refractivity contribution >= 4 is 18.2 Å². The molecular formula is C16H18N4O. The van der Waals surface area contributed by atoms with Gasteiger partial charge in [0.2, 0.25) is 0 Å². The number of hydrogen-bond acceptors (Lipinski definition) is 3. The predicted molar refractivity (Wildman–Crippen MR) is 83.8 cm³/mol. The molecule has 1 N–H and O–H groups in total. The third-order valence-corrected chi connectivity index (χ3v) is 2.83. The van der Waals surface area contributed by atoms with Crippen LogP contribution in [0.1, 0.15) is 17.0 Å². The zero-order chi connectivity index (χ0) is 15.1. The van der Waals surface area contributed by atoms with E-state index >= 15 is 0 Å². The number of nitrogens with zero attached hydrogens (tertiary/aromatic N) is 3. The highest BCUT2D eigenvalue weighted by atomic mass is 16.2. The molecule has 21 heavy (non-hydrogen) atoms. The van der Waals surface area contributed by atoms with Crippen LogP contribution in [0, 0.1) is 13.8 Å². The number of rotatable bonds is 5. The van der Waals surface area contributed by atoms with E-state index in [1.54, 1.807) is 17.0 Å². The van der Waals surface area contributed by atoms with E-state index in [1.807, 2.05) is 56.3 Å². The van der Waals surface area contributed by atoms with Gasteiger partial charge in [0.15, 0.2) is 0 Å². The first-order valence-electron chi connectivity index (χ1n) is 6.70. The normalized spacial score (nSPS) is 11.3. The fourth-order valence-corrected chi connectivity index (χ4v) is 1.88. The number of hydrogen-bond donors (Lipinski definition) is 1. The third-order valence-electron chi connectivity index (χ3n) is 2.83. The molecule has 1 heterocycles. The van der Waals surface area contributed by atoms with Crippen LogP contribution in [0.2, 0.25) is 0 Å². The number of carbonyl (C=O) groups excluding carboxylic acids is 1. The number of allylic oxidation sites excluding steroid dienone is 1. The van der Waals surface area contributed by atoms with E-state index in [0.29, 0.717) is 0 Å². The van der Waals surface area contributed by atoms with E-state index in [0.717, 1.165) is 17.0 Å². The zero-order valence-corrected chi connectivity index (χ0v) is 12.2. The topological polar surface area (TPSA) is 59.3 Å². The maximum absolute atomic E-state index is 11.7. The van der Waals surface area contributed by atoms with Crippen molar-refractivity contribution in [3.05, 3.63) is 59.4 Å². The number of hydrazone groups is 1. The van der Waals surface area contributed by atoms with Crippen molar-refractivity contribution < 1.29 is 4.79 Å². The second kappa shape index (κ2) is 7.19. The van der Waals surface area contributed by atoms with Gasteiger partial charge in [-0.2, -0.15) is 10.2 Å². The number of aromatic nitrogens is 2. The van der Waals surface area contributed by atoms with E-state index < -0.39 is 0 Å². The highest BCUT2D eigenvalue weighted by Crippen LogP contribution is 2.01. The number of amides is 1. The van der Waals surface area contributed by atoms with Crippen molar-refractivity contribution in [2.75, 3.05) is 0 Å². The van der Waals surface area contributed by atoms with Gasteiger partial charge in [0, 0.05) is 11.9 Å². The van der Waals surface area contributed by atoms with Crippen molar-refractivity contribution in [2.45, 2.75) is 20.4 Å². The fraction of sp³-hybridized carbons (Fsp3) is 0.188. The van der Waals surface area contributed by atoms with Crippen molar-refractivity contribution in [3.8, 4) is 0 Å². The van der Waals surface area contributed by atoms with E-state index in [4.69, 9.17) is 0 Å². The summed E-state index contributed by atoms with van der Waals surface area (Å²) in [7, 11) is 0. The Morgan fingerprint density at radius 2 is 2.10 bits per heavy atom. The lowest BCUT2D eigenvalue weighted by Gasteiger charge is -2.02. The second-order valence-electron chi connectivity index (χ2n) is 4.67. The quantitative estimate of drug-likeness (QED) is 0.676. The van der Waals surface area contributed by atoms with Crippen LogP contribution in [-0.2, 0) is 11.3 Å². The first-order valence-corrected chi connectivity index (χ1v) is 6.70. The van der Waals surface area contributed by atoms with Crippen molar-refractivity contribution in [1.29, 1.82) is 0 Å². The van der Waals surface area contributed by atoms with Crippen LogP contribution >= 0.6 is 0 Å². The van der Waals surface area contributed by atoms with Crippen LogP contribution in [0.25, 0.3) is 6.08 Å². The Bertz CT molecular complexity index is 656. The Kier molecular flexibility index (Phi) is 5.04. The molecule has 2 rings (SSSR count). The zero-order valence-electron chi connectivity index (χ0n) is 12.2. The summed E-state index contributed by atoms with van der Waals surface area (Å²) >= 11 is 0. The van der Waals surface area contributed by atoms with Crippen LogP contribution < -0.4 is 5.43 Å². The lowest BCUT2D eigenvalue weighted by molar-refractivity contribution is -0.121. The summed E-state index contributed by atoms with van der Waals surface area (Å²) in [5.74, 6) is -0.203. The van der Waals surface area contributed by atoms with Crippen LogP contribution in [0.5, 0.6) is 0 Å². The van der Waals surface area contributed by atoms with Gasteiger partial charge in [-0.15, -0.1) is 0 Å². The van der Waals surface area contributed by atoms with Gasteiger partial charge < -0.3 is 0 Å². The maximum Gasteiger partial charge on any atom is 0.261 e. The van der Waals surface area contributed by atoms with Crippen LogP contribution in [0.15, 0.2) is 47.6 Å². The molecule has 1 amide bonds. The fourth-order valence-electron chi connectivity index (χ4n) is 1.88. The average Bonchev–Trinajstić information content (AvgIpc) is 2.77. The SMILES string of the molecule is Cc1cc(C)n(CC(=O)N/N=C/C=C/c2ccccc2)n1. The largest absolute Gasteiger partial charge is 0.271 e. The first kappa shape index (κ1) is 14.7. The smallest absolute Gasteiger partial charge is 0.261 e.